The maximum Gasteiger partial charge on any atom is 0.362 e. The minimum atomic E-state index is -1.60. The lowest BCUT2D eigenvalue weighted by molar-refractivity contribution is 0.0683. The van der Waals surface area contributed by atoms with Crippen LogP contribution in [0.25, 0.3) is 5.69 Å². The van der Waals surface area contributed by atoms with Crippen LogP contribution >= 0.6 is 0 Å². The van der Waals surface area contributed by atoms with E-state index in [1.54, 1.807) is 30.3 Å². The zero-order chi connectivity index (χ0) is 27.0. The van der Waals surface area contributed by atoms with Crippen LogP contribution in [0.15, 0.2) is 70.3 Å². The van der Waals surface area contributed by atoms with Crippen molar-refractivity contribution in [2.75, 3.05) is 6.54 Å². The Morgan fingerprint density at radius 2 is 1.76 bits per heavy atom. The van der Waals surface area contributed by atoms with E-state index in [1.807, 2.05) is 4.98 Å². The van der Waals surface area contributed by atoms with Crippen LogP contribution in [0.3, 0.4) is 0 Å². The summed E-state index contributed by atoms with van der Waals surface area (Å²) < 4.78 is 33.8. The Balaban J connectivity index is 1.41. The number of halogens is 2. The highest BCUT2D eigenvalue weighted by atomic mass is 19.1. The van der Waals surface area contributed by atoms with E-state index in [-0.39, 0.29) is 23.9 Å². The summed E-state index contributed by atoms with van der Waals surface area (Å²) in [5.41, 5.74) is -1.42. The third-order valence-electron chi connectivity index (χ3n) is 5.89. The molecule has 0 radical (unpaired) electrons. The van der Waals surface area contributed by atoms with Crippen LogP contribution in [-0.2, 0) is 13.0 Å². The molecule has 2 heterocycles. The molecule has 0 spiro atoms. The number of aromatic nitrogens is 3. The van der Waals surface area contributed by atoms with Gasteiger partial charge in [-0.05, 0) is 60.0 Å². The van der Waals surface area contributed by atoms with Crippen LogP contribution in [0.1, 0.15) is 32.0 Å². The van der Waals surface area contributed by atoms with Gasteiger partial charge in [-0.1, -0.05) is 12.1 Å². The summed E-state index contributed by atoms with van der Waals surface area (Å²) in [6, 6.07) is 14.1. The number of carbonyl (C=O) groups excluding carboxylic acids is 1. The number of para-hydroxylation sites is 2. The lowest BCUT2D eigenvalue weighted by atomic mass is 9.98. The minimum absolute atomic E-state index is 0.0534. The molecule has 2 N–H and O–H groups in total. The van der Waals surface area contributed by atoms with Crippen LogP contribution in [-0.4, -0.2) is 43.2 Å². The second kappa shape index (κ2) is 9.73. The first-order valence-electron chi connectivity index (χ1n) is 11.3. The number of benzene rings is 3. The summed E-state index contributed by atoms with van der Waals surface area (Å²) in [5.74, 6) is -2.86. The Morgan fingerprint density at radius 1 is 1.03 bits per heavy atom. The Bertz CT molecular complexity index is 1690. The van der Waals surface area contributed by atoms with Crippen LogP contribution in [0.4, 0.5) is 8.78 Å². The lowest BCUT2D eigenvalue weighted by Gasteiger charge is -2.29. The van der Waals surface area contributed by atoms with Crippen molar-refractivity contribution in [1.82, 2.24) is 19.7 Å². The van der Waals surface area contributed by atoms with E-state index in [2.05, 4.69) is 5.10 Å². The molecule has 1 aliphatic heterocycles. The smallest absolute Gasteiger partial charge is 0.362 e. The average Bonchev–Trinajstić information content (AvgIpc) is 2.86. The molecule has 3 aromatic carbocycles. The van der Waals surface area contributed by atoms with E-state index in [0.717, 1.165) is 10.7 Å². The van der Waals surface area contributed by atoms with Gasteiger partial charge in [0, 0.05) is 24.7 Å². The van der Waals surface area contributed by atoms with Crippen LogP contribution in [0.2, 0.25) is 0 Å². The Labute approximate surface area is 212 Å². The number of fused-ring (bicyclic) bond motifs is 1. The molecule has 1 aromatic heterocycles. The number of H-pyrrole nitrogens is 1. The topological polar surface area (TPSA) is 135 Å². The molecule has 12 heteroatoms. The number of hydrogen-bond donors (Lipinski definition) is 2. The number of aromatic carboxylic acids is 1. The number of rotatable bonds is 6. The fraction of sp³-hybridized carbons (Fsp3) is 0.115. The van der Waals surface area contributed by atoms with Gasteiger partial charge in [-0.25, -0.2) is 18.4 Å². The molecule has 1 amide bonds. The van der Waals surface area contributed by atoms with Gasteiger partial charge in [0.15, 0.2) is 5.75 Å². The van der Waals surface area contributed by atoms with Gasteiger partial charge in [-0.15, -0.1) is 0 Å². The molecule has 0 bridgehead atoms. The molecule has 1 aliphatic rings. The standard InChI is InChI=1S/C26H18F2N4O6/c27-16-9-14(10-17(28)12-16)13-31-8-7-15-11-18(5-6-19(15)24(31)34)38-21-4-2-1-3-20(21)32-26(37)29-23(33)22(30-32)25(35)36/h1-6,9-12H,7-8,13H2,(H,35,36)(H,29,33,37). The first kappa shape index (κ1) is 24.6. The van der Waals surface area contributed by atoms with Crippen LogP contribution < -0.4 is 16.0 Å². The van der Waals surface area contributed by atoms with Gasteiger partial charge >= 0.3 is 11.7 Å². The molecular weight excluding hydrogens is 502 g/mol. The zero-order valence-corrected chi connectivity index (χ0v) is 19.5. The molecule has 0 atom stereocenters. The fourth-order valence-corrected chi connectivity index (χ4v) is 4.20. The number of ether oxygens (including phenoxy) is 1. The number of carboxylic acid groups (broad SMARTS) is 1. The third kappa shape index (κ3) is 4.78. The van der Waals surface area contributed by atoms with E-state index in [1.165, 1.54) is 29.2 Å². The summed E-state index contributed by atoms with van der Waals surface area (Å²) in [5, 5.41) is 12.9. The molecule has 0 fully saturated rings. The van der Waals surface area contributed by atoms with Crippen molar-refractivity contribution < 1.29 is 28.2 Å². The van der Waals surface area contributed by atoms with Crippen molar-refractivity contribution >= 4 is 11.9 Å². The minimum Gasteiger partial charge on any atom is -0.476 e. The predicted octanol–water partition coefficient (Wildman–Crippen LogP) is 2.89. The van der Waals surface area contributed by atoms with Crippen molar-refractivity contribution in [1.29, 1.82) is 0 Å². The number of carboxylic acids is 1. The maximum absolute atomic E-state index is 13.6. The second-order valence-electron chi connectivity index (χ2n) is 8.47. The average molecular weight is 520 g/mol. The van der Waals surface area contributed by atoms with Gasteiger partial charge in [-0.3, -0.25) is 14.6 Å². The van der Waals surface area contributed by atoms with E-state index in [4.69, 9.17) is 4.74 Å². The summed E-state index contributed by atoms with van der Waals surface area (Å²) >= 11 is 0. The van der Waals surface area contributed by atoms with Crippen molar-refractivity contribution in [3.05, 3.63) is 116 Å². The third-order valence-corrected chi connectivity index (χ3v) is 5.89. The quantitative estimate of drug-likeness (QED) is 0.399. The van der Waals surface area contributed by atoms with E-state index < -0.39 is 34.5 Å². The van der Waals surface area contributed by atoms with Gasteiger partial charge in [0.05, 0.1) is 0 Å². The lowest BCUT2D eigenvalue weighted by Crippen LogP contribution is -2.37. The summed E-state index contributed by atoms with van der Waals surface area (Å²) in [6.45, 7) is 0.372. The second-order valence-corrected chi connectivity index (χ2v) is 8.47. The number of aromatic amines is 1. The first-order chi connectivity index (χ1) is 18.2. The number of carbonyl (C=O) groups is 2. The molecule has 38 heavy (non-hydrogen) atoms. The Kier molecular flexibility index (Phi) is 6.29. The molecule has 4 aromatic rings. The van der Waals surface area contributed by atoms with E-state index in [0.29, 0.717) is 35.4 Å². The summed E-state index contributed by atoms with van der Waals surface area (Å²) in [6.07, 6.45) is 0.459. The van der Waals surface area contributed by atoms with Crippen molar-refractivity contribution in [3.8, 4) is 17.2 Å². The Hall–Kier alpha value is -5.13. The number of amides is 1. The molecular formula is C26H18F2N4O6. The molecule has 0 unspecified atom stereocenters. The SMILES string of the molecule is O=C(O)c1nn(-c2ccccc2Oc2ccc3c(c2)CCN(Cc2cc(F)cc(F)c2)C3=O)c(=O)[nH]c1=O. The van der Waals surface area contributed by atoms with Gasteiger partial charge < -0.3 is 14.7 Å². The first-order valence-corrected chi connectivity index (χ1v) is 11.3. The van der Waals surface area contributed by atoms with E-state index in [9.17, 15) is 33.1 Å². The number of nitrogens with zero attached hydrogens (tertiary/aromatic N) is 3. The normalized spacial score (nSPS) is 12.8. The maximum atomic E-state index is 13.6. The molecule has 0 saturated carbocycles. The highest BCUT2D eigenvalue weighted by Gasteiger charge is 2.25. The van der Waals surface area contributed by atoms with Gasteiger partial charge in [-0.2, -0.15) is 9.78 Å². The van der Waals surface area contributed by atoms with Gasteiger partial charge in [0.2, 0.25) is 5.69 Å². The largest absolute Gasteiger partial charge is 0.476 e. The monoisotopic (exact) mass is 520 g/mol. The molecule has 10 nitrogen and oxygen atoms in total. The molecule has 0 saturated heterocycles. The van der Waals surface area contributed by atoms with Crippen molar-refractivity contribution in [2.45, 2.75) is 13.0 Å². The summed E-state index contributed by atoms with van der Waals surface area (Å²) in [4.78, 5) is 51.9. The van der Waals surface area contributed by atoms with Crippen LogP contribution in [0.5, 0.6) is 11.5 Å². The highest BCUT2D eigenvalue weighted by molar-refractivity contribution is 5.97. The number of hydrogen-bond acceptors (Lipinski definition) is 6. The van der Waals surface area contributed by atoms with Crippen molar-refractivity contribution in [3.63, 3.8) is 0 Å². The fourth-order valence-electron chi connectivity index (χ4n) is 4.20. The predicted molar refractivity (Wildman–Crippen MR) is 129 cm³/mol. The molecule has 0 aliphatic carbocycles. The van der Waals surface area contributed by atoms with Gasteiger partial charge in [0.25, 0.3) is 11.5 Å². The van der Waals surface area contributed by atoms with Crippen LogP contribution in [0, 0.1) is 11.6 Å². The van der Waals surface area contributed by atoms with E-state index >= 15 is 0 Å². The zero-order valence-electron chi connectivity index (χ0n) is 19.5. The molecule has 5 rings (SSSR count). The van der Waals surface area contributed by atoms with Gasteiger partial charge in [0.1, 0.15) is 23.1 Å². The highest BCUT2D eigenvalue weighted by Crippen LogP contribution is 2.30. The van der Waals surface area contributed by atoms with Crippen molar-refractivity contribution in [2.24, 2.45) is 0 Å². The summed E-state index contributed by atoms with van der Waals surface area (Å²) in [7, 11) is 0. The number of nitrogens with one attached hydrogen (secondary N) is 1. The molecule has 192 valence electrons. The Morgan fingerprint density at radius 3 is 2.50 bits per heavy atom.